The fourth-order valence-corrected chi connectivity index (χ4v) is 2.47. The molecule has 0 bridgehead atoms. The maximum Gasteiger partial charge on any atom is 0.229 e. The second-order valence-corrected chi connectivity index (χ2v) is 5.22. The average molecular weight is 276 g/mol. The van der Waals surface area contributed by atoms with Crippen LogP contribution in [0.2, 0.25) is 5.02 Å². The van der Waals surface area contributed by atoms with Crippen molar-refractivity contribution in [3.8, 4) is 5.75 Å². The van der Waals surface area contributed by atoms with Crippen LogP contribution in [-0.2, 0) is 0 Å². The lowest BCUT2D eigenvalue weighted by Crippen LogP contribution is -2.45. The van der Waals surface area contributed by atoms with Crippen molar-refractivity contribution in [1.82, 2.24) is 0 Å². The zero-order valence-corrected chi connectivity index (χ0v) is 11.2. The number of ether oxygens (including phenoxy) is 1. The molecule has 0 saturated heterocycles. The summed E-state index contributed by atoms with van der Waals surface area (Å²) in [7, 11) is 0. The van der Waals surface area contributed by atoms with Crippen molar-refractivity contribution in [3.05, 3.63) is 59.1 Å². The summed E-state index contributed by atoms with van der Waals surface area (Å²) in [5.41, 5.74) is 1.79. The highest BCUT2D eigenvalue weighted by molar-refractivity contribution is 6.30. The molecule has 1 heterocycles. The van der Waals surface area contributed by atoms with Crippen LogP contribution < -0.4 is 10.1 Å². The number of nitrogens with one attached hydrogen (secondary N) is 1. The van der Waals surface area contributed by atoms with Gasteiger partial charge in [-0.1, -0.05) is 41.9 Å². The van der Waals surface area contributed by atoms with E-state index in [-0.39, 0.29) is 6.04 Å². The number of benzene rings is 2. The van der Waals surface area contributed by atoms with E-state index in [1.807, 2.05) is 36.4 Å². The Morgan fingerprint density at radius 3 is 2.68 bits per heavy atom. The Balaban J connectivity index is 2.02. The van der Waals surface area contributed by atoms with Crippen molar-refractivity contribution >= 4 is 17.3 Å². The number of anilines is 1. The number of aliphatic hydroxyl groups is 1. The van der Waals surface area contributed by atoms with Gasteiger partial charge in [-0.05, 0) is 17.7 Å². The number of hydrogen-bond donors (Lipinski definition) is 2. The van der Waals surface area contributed by atoms with Gasteiger partial charge in [-0.3, -0.25) is 0 Å². The number of rotatable bonds is 1. The minimum atomic E-state index is -1.33. The van der Waals surface area contributed by atoms with Gasteiger partial charge in [0.1, 0.15) is 11.8 Å². The average Bonchev–Trinajstić information content (AvgIpc) is 2.38. The Bertz CT molecular complexity index is 598. The van der Waals surface area contributed by atoms with E-state index in [1.54, 1.807) is 19.1 Å². The molecule has 0 radical (unpaired) electrons. The summed E-state index contributed by atoms with van der Waals surface area (Å²) < 4.78 is 5.68. The van der Waals surface area contributed by atoms with E-state index in [2.05, 4.69) is 5.32 Å². The van der Waals surface area contributed by atoms with Crippen LogP contribution in [0.25, 0.3) is 0 Å². The quantitative estimate of drug-likeness (QED) is 0.836. The van der Waals surface area contributed by atoms with E-state index in [4.69, 9.17) is 16.3 Å². The van der Waals surface area contributed by atoms with Crippen LogP contribution in [0.3, 0.4) is 0 Å². The van der Waals surface area contributed by atoms with Gasteiger partial charge in [0, 0.05) is 18.0 Å². The predicted molar refractivity (Wildman–Crippen MR) is 75.5 cm³/mol. The standard InChI is InChI=1S/C15H14ClNO2/c1-15(18)14(10-5-3-2-4-6-10)17-12-8-7-11(16)9-13(12)19-15/h2-9,14,17-18H,1H3/t14-,15-/m0/s1. The van der Waals surface area contributed by atoms with Crippen molar-refractivity contribution < 1.29 is 9.84 Å². The molecular formula is C15H14ClNO2. The molecule has 4 heteroatoms. The number of fused-ring (bicyclic) bond motifs is 1. The normalized spacial score (nSPS) is 25.1. The monoisotopic (exact) mass is 275 g/mol. The van der Waals surface area contributed by atoms with Crippen LogP contribution >= 0.6 is 11.6 Å². The lowest BCUT2D eigenvalue weighted by Gasteiger charge is -2.39. The van der Waals surface area contributed by atoms with E-state index < -0.39 is 5.79 Å². The smallest absolute Gasteiger partial charge is 0.229 e. The first kappa shape index (κ1) is 12.3. The van der Waals surface area contributed by atoms with E-state index in [9.17, 15) is 5.11 Å². The summed E-state index contributed by atoms with van der Waals surface area (Å²) in [6.45, 7) is 1.64. The van der Waals surface area contributed by atoms with Gasteiger partial charge in [-0.15, -0.1) is 0 Å². The molecule has 3 rings (SSSR count). The van der Waals surface area contributed by atoms with Gasteiger partial charge in [0.25, 0.3) is 0 Å². The molecule has 3 nitrogen and oxygen atoms in total. The molecule has 2 aromatic rings. The Morgan fingerprint density at radius 2 is 1.95 bits per heavy atom. The first-order valence-electron chi connectivity index (χ1n) is 6.09. The summed E-state index contributed by atoms with van der Waals surface area (Å²) in [5, 5.41) is 14.4. The van der Waals surface area contributed by atoms with Gasteiger partial charge in [0.15, 0.2) is 0 Å². The molecule has 0 fully saturated rings. The molecule has 98 valence electrons. The lowest BCUT2D eigenvalue weighted by molar-refractivity contribution is -0.140. The Hall–Kier alpha value is -1.71. The van der Waals surface area contributed by atoms with Crippen molar-refractivity contribution in [3.63, 3.8) is 0 Å². The molecular weight excluding hydrogens is 262 g/mol. The highest BCUT2D eigenvalue weighted by Gasteiger charge is 2.40. The highest BCUT2D eigenvalue weighted by Crippen LogP contribution is 2.42. The van der Waals surface area contributed by atoms with Crippen molar-refractivity contribution in [1.29, 1.82) is 0 Å². The third-order valence-electron chi connectivity index (χ3n) is 3.23. The Labute approximate surface area is 116 Å². The molecule has 0 unspecified atom stereocenters. The maximum atomic E-state index is 10.5. The summed E-state index contributed by atoms with van der Waals surface area (Å²) in [4.78, 5) is 0. The SMILES string of the molecule is C[C@]1(O)Oc2cc(Cl)ccc2N[C@H]1c1ccccc1. The van der Waals surface area contributed by atoms with Crippen LogP contribution in [-0.4, -0.2) is 10.9 Å². The molecule has 1 aliphatic rings. The molecule has 0 aromatic heterocycles. The first-order valence-corrected chi connectivity index (χ1v) is 6.46. The molecule has 2 aromatic carbocycles. The molecule has 19 heavy (non-hydrogen) atoms. The van der Waals surface area contributed by atoms with Gasteiger partial charge in [0.2, 0.25) is 5.79 Å². The predicted octanol–water partition coefficient (Wildman–Crippen LogP) is 3.59. The summed E-state index contributed by atoms with van der Waals surface area (Å²) in [6, 6.07) is 14.7. The second-order valence-electron chi connectivity index (χ2n) is 4.79. The van der Waals surface area contributed by atoms with E-state index >= 15 is 0 Å². The van der Waals surface area contributed by atoms with Gasteiger partial charge in [-0.2, -0.15) is 0 Å². The lowest BCUT2D eigenvalue weighted by atomic mass is 9.97. The van der Waals surface area contributed by atoms with Crippen molar-refractivity contribution in [2.24, 2.45) is 0 Å². The summed E-state index contributed by atoms with van der Waals surface area (Å²) in [6.07, 6.45) is 0. The fourth-order valence-electron chi connectivity index (χ4n) is 2.31. The van der Waals surface area contributed by atoms with Gasteiger partial charge < -0.3 is 15.2 Å². The highest BCUT2D eigenvalue weighted by atomic mass is 35.5. The zero-order chi connectivity index (χ0) is 13.5. The summed E-state index contributed by atoms with van der Waals surface area (Å²) >= 11 is 5.93. The van der Waals surface area contributed by atoms with Crippen LogP contribution in [0.1, 0.15) is 18.5 Å². The molecule has 0 amide bonds. The van der Waals surface area contributed by atoms with Crippen LogP contribution in [0, 0.1) is 0 Å². The first-order chi connectivity index (χ1) is 9.06. The van der Waals surface area contributed by atoms with Crippen LogP contribution in [0.4, 0.5) is 5.69 Å². The minimum absolute atomic E-state index is 0.331. The molecule has 0 spiro atoms. The van der Waals surface area contributed by atoms with Crippen LogP contribution in [0.15, 0.2) is 48.5 Å². The third-order valence-corrected chi connectivity index (χ3v) is 3.46. The van der Waals surface area contributed by atoms with E-state index in [0.717, 1.165) is 11.3 Å². The minimum Gasteiger partial charge on any atom is -0.458 e. The summed E-state index contributed by atoms with van der Waals surface area (Å²) in [5.74, 6) is -0.774. The molecule has 0 saturated carbocycles. The van der Waals surface area contributed by atoms with Crippen molar-refractivity contribution in [2.75, 3.05) is 5.32 Å². The molecule has 2 atom stereocenters. The van der Waals surface area contributed by atoms with Gasteiger partial charge in [-0.25, -0.2) is 0 Å². The Morgan fingerprint density at radius 1 is 1.21 bits per heavy atom. The van der Waals surface area contributed by atoms with Crippen LogP contribution in [0.5, 0.6) is 5.75 Å². The van der Waals surface area contributed by atoms with Gasteiger partial charge >= 0.3 is 0 Å². The molecule has 2 N–H and O–H groups in total. The third kappa shape index (κ3) is 2.27. The van der Waals surface area contributed by atoms with Gasteiger partial charge in [0.05, 0.1) is 5.69 Å². The van der Waals surface area contributed by atoms with E-state index in [1.165, 1.54) is 0 Å². The Kier molecular flexibility index (Phi) is 2.88. The molecule has 0 aliphatic carbocycles. The fraction of sp³-hybridized carbons (Fsp3) is 0.200. The van der Waals surface area contributed by atoms with Crippen molar-refractivity contribution in [2.45, 2.75) is 18.8 Å². The number of hydrogen-bond acceptors (Lipinski definition) is 3. The van der Waals surface area contributed by atoms with E-state index in [0.29, 0.717) is 10.8 Å². The zero-order valence-electron chi connectivity index (χ0n) is 10.4. The number of halogens is 1. The maximum absolute atomic E-state index is 10.5. The largest absolute Gasteiger partial charge is 0.458 e. The topological polar surface area (TPSA) is 41.5 Å². The molecule has 1 aliphatic heterocycles. The second kappa shape index (κ2) is 4.44.